The van der Waals surface area contributed by atoms with Gasteiger partial charge in [-0.05, 0) is 30.3 Å². The Kier molecular flexibility index (Phi) is 4.43. The summed E-state index contributed by atoms with van der Waals surface area (Å²) in [4.78, 5) is 14.5. The molecule has 0 bridgehead atoms. The summed E-state index contributed by atoms with van der Waals surface area (Å²) in [7, 11) is 0. The number of nitrogens with zero attached hydrogens (tertiary/aromatic N) is 3. The first-order chi connectivity index (χ1) is 15.8. The molecule has 0 fully saturated rings. The van der Waals surface area contributed by atoms with Crippen molar-refractivity contribution in [1.82, 2.24) is 15.0 Å². The zero-order valence-electron chi connectivity index (χ0n) is 17.3. The number of hydrogen-bond acceptors (Lipinski definition) is 3. The van der Waals surface area contributed by atoms with Gasteiger partial charge in [-0.25, -0.2) is 9.97 Å². The molecule has 3 aromatic carbocycles. The maximum absolute atomic E-state index is 5.06. The van der Waals surface area contributed by atoms with Gasteiger partial charge in [0.25, 0.3) is 0 Å². The van der Waals surface area contributed by atoms with Crippen LogP contribution in [0.5, 0.6) is 0 Å². The van der Waals surface area contributed by atoms with E-state index in [1.165, 1.54) is 0 Å². The lowest BCUT2D eigenvalue weighted by molar-refractivity contribution is 1.32. The zero-order valence-corrected chi connectivity index (χ0v) is 17.3. The molecule has 0 saturated heterocycles. The van der Waals surface area contributed by atoms with Gasteiger partial charge in [0.1, 0.15) is 0 Å². The highest BCUT2D eigenvalue weighted by atomic mass is 14.8. The molecule has 0 radical (unpaired) electrons. The van der Waals surface area contributed by atoms with Gasteiger partial charge >= 0.3 is 0 Å². The first-order valence-electron chi connectivity index (χ1n) is 10.6. The number of benzene rings is 3. The molecule has 0 atom stereocenters. The second-order valence-corrected chi connectivity index (χ2v) is 7.76. The minimum absolute atomic E-state index is 0.918. The average Bonchev–Trinajstić information content (AvgIpc) is 2.89. The predicted molar refractivity (Wildman–Crippen MR) is 131 cm³/mol. The van der Waals surface area contributed by atoms with Crippen LogP contribution in [0, 0.1) is 0 Å². The molecular weight excluding hydrogens is 390 g/mol. The second kappa shape index (κ2) is 7.71. The number of pyridine rings is 3. The van der Waals surface area contributed by atoms with Crippen molar-refractivity contribution >= 4 is 21.8 Å². The Balaban J connectivity index is 1.51. The van der Waals surface area contributed by atoms with Gasteiger partial charge in [0.15, 0.2) is 0 Å². The summed E-state index contributed by atoms with van der Waals surface area (Å²) < 4.78 is 0. The Bertz CT molecular complexity index is 1560. The second-order valence-electron chi connectivity index (χ2n) is 7.76. The normalized spacial score (nSPS) is 11.1. The number of hydrogen-bond donors (Lipinski definition) is 0. The van der Waals surface area contributed by atoms with Crippen molar-refractivity contribution in [2.75, 3.05) is 0 Å². The Morgan fingerprint density at radius 1 is 0.406 bits per heavy atom. The lowest BCUT2D eigenvalue weighted by Gasteiger charge is -2.09. The van der Waals surface area contributed by atoms with Crippen molar-refractivity contribution < 1.29 is 0 Å². The average molecular weight is 409 g/mol. The van der Waals surface area contributed by atoms with E-state index >= 15 is 0 Å². The Morgan fingerprint density at radius 2 is 0.969 bits per heavy atom. The molecule has 3 heterocycles. The maximum atomic E-state index is 5.06. The molecule has 3 aromatic heterocycles. The first kappa shape index (κ1) is 18.4. The lowest BCUT2D eigenvalue weighted by atomic mass is 10.0. The van der Waals surface area contributed by atoms with Crippen molar-refractivity contribution in [2.24, 2.45) is 0 Å². The summed E-state index contributed by atoms with van der Waals surface area (Å²) >= 11 is 0. The highest BCUT2D eigenvalue weighted by molar-refractivity contribution is 6.04. The fraction of sp³-hybridized carbons (Fsp3) is 0. The van der Waals surface area contributed by atoms with E-state index in [9.17, 15) is 0 Å². The van der Waals surface area contributed by atoms with E-state index in [1.807, 2.05) is 42.6 Å². The summed E-state index contributed by atoms with van der Waals surface area (Å²) in [5, 5.41) is 2.17. The van der Waals surface area contributed by atoms with E-state index in [1.54, 1.807) is 0 Å². The van der Waals surface area contributed by atoms with E-state index in [4.69, 9.17) is 9.97 Å². The maximum Gasteiger partial charge on any atom is 0.0972 e. The smallest absolute Gasteiger partial charge is 0.0972 e. The van der Waals surface area contributed by atoms with Crippen LogP contribution in [-0.2, 0) is 0 Å². The summed E-state index contributed by atoms with van der Waals surface area (Å²) in [5.74, 6) is 0. The highest BCUT2D eigenvalue weighted by Gasteiger charge is 2.09. The molecule has 32 heavy (non-hydrogen) atoms. The van der Waals surface area contributed by atoms with E-state index in [0.29, 0.717) is 0 Å². The Morgan fingerprint density at radius 3 is 1.62 bits per heavy atom. The third-order valence-corrected chi connectivity index (χ3v) is 5.71. The van der Waals surface area contributed by atoms with Gasteiger partial charge in [-0.2, -0.15) is 0 Å². The first-order valence-corrected chi connectivity index (χ1v) is 10.6. The van der Waals surface area contributed by atoms with E-state index in [-0.39, 0.29) is 0 Å². The number of rotatable bonds is 3. The van der Waals surface area contributed by atoms with Crippen LogP contribution < -0.4 is 0 Å². The highest BCUT2D eigenvalue weighted by Crippen LogP contribution is 2.30. The van der Waals surface area contributed by atoms with E-state index < -0.39 is 0 Å². The molecule has 6 rings (SSSR count). The monoisotopic (exact) mass is 409 g/mol. The van der Waals surface area contributed by atoms with Gasteiger partial charge in [0.2, 0.25) is 0 Å². The van der Waals surface area contributed by atoms with Gasteiger partial charge in [-0.3, -0.25) is 4.98 Å². The van der Waals surface area contributed by atoms with Crippen molar-refractivity contribution in [3.63, 3.8) is 0 Å². The van der Waals surface area contributed by atoms with Gasteiger partial charge in [-0.15, -0.1) is 0 Å². The number of aromatic nitrogens is 3. The topological polar surface area (TPSA) is 38.7 Å². The summed E-state index contributed by atoms with van der Waals surface area (Å²) in [6, 6.07) is 37.2. The molecule has 0 aliphatic heterocycles. The lowest BCUT2D eigenvalue weighted by Crippen LogP contribution is -1.91. The van der Waals surface area contributed by atoms with Crippen molar-refractivity contribution in [1.29, 1.82) is 0 Å². The third-order valence-electron chi connectivity index (χ3n) is 5.71. The largest absolute Gasteiger partial charge is 0.256 e. The molecule has 150 valence electrons. The Labute approximate surface area is 186 Å². The third kappa shape index (κ3) is 3.30. The fourth-order valence-electron chi connectivity index (χ4n) is 4.07. The fourth-order valence-corrected chi connectivity index (χ4v) is 4.07. The molecule has 3 nitrogen and oxygen atoms in total. The summed E-state index contributed by atoms with van der Waals surface area (Å²) in [5.41, 5.74) is 7.91. The molecule has 0 saturated carbocycles. The molecule has 0 aliphatic rings. The molecule has 0 aliphatic carbocycles. The Hall–Kier alpha value is -4.37. The van der Waals surface area contributed by atoms with Crippen LogP contribution in [-0.4, -0.2) is 15.0 Å². The molecule has 0 spiro atoms. The van der Waals surface area contributed by atoms with Crippen molar-refractivity contribution in [3.8, 4) is 33.8 Å². The van der Waals surface area contributed by atoms with E-state index in [0.717, 1.165) is 55.6 Å². The summed E-state index contributed by atoms with van der Waals surface area (Å²) in [6.45, 7) is 0. The molecule has 0 unspecified atom stereocenters. The number of fused-ring (bicyclic) bond motifs is 3. The van der Waals surface area contributed by atoms with Crippen molar-refractivity contribution in [3.05, 3.63) is 115 Å². The minimum atomic E-state index is 0.918. The van der Waals surface area contributed by atoms with Crippen molar-refractivity contribution in [2.45, 2.75) is 0 Å². The van der Waals surface area contributed by atoms with Gasteiger partial charge in [0, 0.05) is 33.7 Å². The molecule has 6 aromatic rings. The predicted octanol–water partition coefficient (Wildman–Crippen LogP) is 7.18. The zero-order chi connectivity index (χ0) is 21.3. The van der Waals surface area contributed by atoms with Crippen LogP contribution in [0.2, 0.25) is 0 Å². The van der Waals surface area contributed by atoms with Crippen LogP contribution in [0.25, 0.3) is 55.6 Å². The van der Waals surface area contributed by atoms with Gasteiger partial charge in [0.05, 0.1) is 28.1 Å². The molecule has 0 amide bonds. The van der Waals surface area contributed by atoms with Crippen LogP contribution in [0.3, 0.4) is 0 Å². The molecular formula is C29H19N3. The van der Waals surface area contributed by atoms with Crippen LogP contribution in [0.4, 0.5) is 0 Å². The molecule has 3 heteroatoms. The van der Waals surface area contributed by atoms with Crippen LogP contribution >= 0.6 is 0 Å². The quantitative estimate of drug-likeness (QED) is 0.291. The van der Waals surface area contributed by atoms with Gasteiger partial charge < -0.3 is 0 Å². The van der Waals surface area contributed by atoms with Crippen LogP contribution in [0.1, 0.15) is 0 Å². The SMILES string of the molecule is c1ccc(-c2ccc3ccc4ccc(-c5cccc(-c6ccccn6)c5)nc4c3n2)cc1. The van der Waals surface area contributed by atoms with Gasteiger partial charge in [-0.1, -0.05) is 78.9 Å². The summed E-state index contributed by atoms with van der Waals surface area (Å²) in [6.07, 6.45) is 1.82. The molecule has 0 N–H and O–H groups in total. The van der Waals surface area contributed by atoms with E-state index in [2.05, 4.69) is 77.8 Å². The van der Waals surface area contributed by atoms with Crippen LogP contribution in [0.15, 0.2) is 115 Å². The minimum Gasteiger partial charge on any atom is -0.256 e. The standard InChI is InChI=1S/C29H19N3/c1-2-7-20(8-3-1)26-16-14-21-12-13-22-15-17-27(32-29(22)28(21)31-26)24-10-6-9-23(19-24)25-11-4-5-18-30-25/h1-19H.